The molecule has 1 aliphatic heterocycles. The first-order valence-electron chi connectivity index (χ1n) is 8.81. The second kappa shape index (κ2) is 13.0. The van der Waals surface area contributed by atoms with Crippen LogP contribution in [0.2, 0.25) is 0 Å². The van der Waals surface area contributed by atoms with Crippen molar-refractivity contribution in [3.05, 3.63) is 23.8 Å². The third-order valence-corrected chi connectivity index (χ3v) is 3.92. The fourth-order valence-corrected chi connectivity index (χ4v) is 2.45. The van der Waals surface area contributed by atoms with Crippen molar-refractivity contribution >= 4 is 29.9 Å². The Labute approximate surface area is 173 Å². The van der Waals surface area contributed by atoms with E-state index in [4.69, 9.17) is 14.2 Å². The Hall–Kier alpha value is -1.26. The Bertz CT molecular complexity index is 557. The van der Waals surface area contributed by atoms with E-state index in [2.05, 4.69) is 40.6 Å². The van der Waals surface area contributed by atoms with Gasteiger partial charge in [0.15, 0.2) is 17.5 Å². The van der Waals surface area contributed by atoms with Crippen molar-refractivity contribution in [2.45, 2.75) is 13.3 Å². The molecule has 0 aromatic heterocycles. The molecule has 0 saturated heterocycles. The van der Waals surface area contributed by atoms with Gasteiger partial charge in [0, 0.05) is 33.3 Å². The molecule has 148 valence electrons. The number of likely N-dealkylation sites (N-methyl/N-ethyl adjacent to an activating group) is 1. The second-order valence-corrected chi connectivity index (χ2v) is 5.92. The van der Waals surface area contributed by atoms with Crippen molar-refractivity contribution in [1.82, 2.24) is 15.5 Å². The molecule has 0 aliphatic carbocycles. The Morgan fingerprint density at radius 2 is 2.04 bits per heavy atom. The van der Waals surface area contributed by atoms with Crippen LogP contribution in [0.3, 0.4) is 0 Å². The zero-order valence-electron chi connectivity index (χ0n) is 15.9. The molecule has 1 aromatic carbocycles. The van der Waals surface area contributed by atoms with E-state index < -0.39 is 0 Å². The van der Waals surface area contributed by atoms with Crippen molar-refractivity contribution in [1.29, 1.82) is 0 Å². The fraction of sp³-hybridized carbons (Fsp3) is 0.611. The maximum absolute atomic E-state index is 5.42. The molecule has 0 unspecified atom stereocenters. The lowest BCUT2D eigenvalue weighted by molar-refractivity contribution is 0.163. The van der Waals surface area contributed by atoms with Crippen LogP contribution in [-0.2, 0) is 11.2 Å². The summed E-state index contributed by atoms with van der Waals surface area (Å²) in [6, 6.07) is 6.08. The van der Waals surface area contributed by atoms with Crippen LogP contribution >= 0.6 is 24.0 Å². The Kier molecular flexibility index (Phi) is 11.4. The lowest BCUT2D eigenvalue weighted by Crippen LogP contribution is -2.39. The number of rotatable bonds is 10. The molecule has 1 heterocycles. The van der Waals surface area contributed by atoms with Crippen molar-refractivity contribution in [3.63, 3.8) is 0 Å². The van der Waals surface area contributed by atoms with Gasteiger partial charge in [-0.1, -0.05) is 6.07 Å². The molecule has 1 aliphatic rings. The number of hydrogen-bond donors (Lipinski definition) is 2. The summed E-state index contributed by atoms with van der Waals surface area (Å²) in [6.45, 7) is 7.35. The number of guanidine groups is 1. The summed E-state index contributed by atoms with van der Waals surface area (Å²) >= 11 is 0. The molecule has 0 bridgehead atoms. The Morgan fingerprint density at radius 3 is 2.81 bits per heavy atom. The van der Waals surface area contributed by atoms with Crippen LogP contribution in [0, 0.1) is 0 Å². The molecule has 0 radical (unpaired) electrons. The highest BCUT2D eigenvalue weighted by atomic mass is 127. The average molecular weight is 478 g/mol. The van der Waals surface area contributed by atoms with E-state index in [-0.39, 0.29) is 24.0 Å². The van der Waals surface area contributed by atoms with Gasteiger partial charge >= 0.3 is 0 Å². The zero-order valence-corrected chi connectivity index (χ0v) is 18.2. The molecule has 2 rings (SSSR count). The first-order valence-corrected chi connectivity index (χ1v) is 8.81. The minimum atomic E-state index is 0. The Balaban J connectivity index is 0.00000338. The van der Waals surface area contributed by atoms with E-state index in [0.29, 0.717) is 6.79 Å². The van der Waals surface area contributed by atoms with Crippen LogP contribution in [0.4, 0.5) is 0 Å². The van der Waals surface area contributed by atoms with Crippen LogP contribution in [0.1, 0.15) is 12.5 Å². The number of aliphatic imine (C=N–C) groups is 1. The van der Waals surface area contributed by atoms with E-state index in [0.717, 1.165) is 63.2 Å². The average Bonchev–Trinajstić information content (AvgIpc) is 3.07. The summed E-state index contributed by atoms with van der Waals surface area (Å²) in [5.41, 5.74) is 1.21. The molecule has 0 spiro atoms. The Morgan fingerprint density at radius 1 is 1.23 bits per heavy atom. The standard InChI is InChI=1S/C18H30N4O3.HI/c1-4-19-18(21-9-10-22(2)11-12-23-3)20-8-7-15-5-6-16-17(13-15)25-14-24-16;/h5-6,13H,4,7-12,14H2,1-3H3,(H2,19,20,21);1H. The monoisotopic (exact) mass is 478 g/mol. The highest BCUT2D eigenvalue weighted by Gasteiger charge is 2.12. The van der Waals surface area contributed by atoms with Crippen molar-refractivity contribution in [2.24, 2.45) is 4.99 Å². The molecule has 2 N–H and O–H groups in total. The lowest BCUT2D eigenvalue weighted by atomic mass is 10.1. The first kappa shape index (κ1) is 22.8. The molecule has 26 heavy (non-hydrogen) atoms. The van der Waals surface area contributed by atoms with Gasteiger partial charge in [-0.25, -0.2) is 0 Å². The highest BCUT2D eigenvalue weighted by molar-refractivity contribution is 14.0. The molecular formula is C18H31IN4O3. The van der Waals surface area contributed by atoms with Crippen LogP contribution in [0.25, 0.3) is 0 Å². The number of hydrogen-bond acceptors (Lipinski definition) is 5. The minimum Gasteiger partial charge on any atom is -0.454 e. The van der Waals surface area contributed by atoms with E-state index in [1.165, 1.54) is 5.56 Å². The molecule has 0 atom stereocenters. The summed E-state index contributed by atoms with van der Waals surface area (Å²) in [5.74, 6) is 2.50. The molecule has 8 heteroatoms. The van der Waals surface area contributed by atoms with Gasteiger partial charge in [0.1, 0.15) is 0 Å². The first-order chi connectivity index (χ1) is 12.2. The van der Waals surface area contributed by atoms with Gasteiger partial charge in [-0.15, -0.1) is 24.0 Å². The van der Waals surface area contributed by atoms with Crippen LogP contribution in [0.5, 0.6) is 11.5 Å². The highest BCUT2D eigenvalue weighted by Crippen LogP contribution is 2.32. The number of benzene rings is 1. The van der Waals surface area contributed by atoms with Crippen LogP contribution < -0.4 is 20.1 Å². The summed E-state index contributed by atoms with van der Waals surface area (Å²) in [6.07, 6.45) is 0.898. The summed E-state index contributed by atoms with van der Waals surface area (Å²) < 4.78 is 15.8. The summed E-state index contributed by atoms with van der Waals surface area (Å²) in [7, 11) is 3.80. The van der Waals surface area contributed by atoms with E-state index in [9.17, 15) is 0 Å². The number of ether oxygens (including phenoxy) is 3. The second-order valence-electron chi connectivity index (χ2n) is 5.92. The number of halogens is 1. The van der Waals surface area contributed by atoms with Crippen LogP contribution in [-0.4, -0.2) is 71.1 Å². The summed E-state index contributed by atoms with van der Waals surface area (Å²) in [5, 5.41) is 6.66. The topological polar surface area (TPSA) is 67.4 Å². The molecule has 0 saturated carbocycles. The maximum atomic E-state index is 5.42. The number of nitrogens with zero attached hydrogens (tertiary/aromatic N) is 2. The predicted molar refractivity (Wildman–Crippen MR) is 115 cm³/mol. The molecule has 7 nitrogen and oxygen atoms in total. The van der Waals surface area contributed by atoms with Gasteiger partial charge in [0.05, 0.1) is 13.2 Å². The molecule has 1 aromatic rings. The SMILES string of the molecule is CCNC(=NCCN(C)CCOC)NCCc1ccc2c(c1)OCO2.I. The smallest absolute Gasteiger partial charge is 0.231 e. The van der Waals surface area contributed by atoms with E-state index in [1.54, 1.807) is 7.11 Å². The molecule has 0 fully saturated rings. The van der Waals surface area contributed by atoms with Crippen LogP contribution in [0.15, 0.2) is 23.2 Å². The van der Waals surface area contributed by atoms with Crippen molar-refractivity contribution in [3.8, 4) is 11.5 Å². The lowest BCUT2D eigenvalue weighted by Gasteiger charge is -2.15. The predicted octanol–water partition coefficient (Wildman–Crippen LogP) is 1.71. The maximum Gasteiger partial charge on any atom is 0.231 e. The quantitative estimate of drug-likeness (QED) is 0.303. The van der Waals surface area contributed by atoms with Gasteiger partial charge in [-0.3, -0.25) is 4.99 Å². The van der Waals surface area contributed by atoms with Gasteiger partial charge < -0.3 is 29.7 Å². The third kappa shape index (κ3) is 7.96. The normalized spacial score (nSPS) is 12.8. The summed E-state index contributed by atoms with van der Waals surface area (Å²) in [4.78, 5) is 6.83. The largest absolute Gasteiger partial charge is 0.454 e. The zero-order chi connectivity index (χ0) is 17.9. The number of fused-ring (bicyclic) bond motifs is 1. The van der Waals surface area contributed by atoms with Crippen molar-refractivity contribution < 1.29 is 14.2 Å². The minimum absolute atomic E-state index is 0. The van der Waals surface area contributed by atoms with E-state index >= 15 is 0 Å². The molecular weight excluding hydrogens is 447 g/mol. The van der Waals surface area contributed by atoms with Crippen molar-refractivity contribution in [2.75, 3.05) is 60.3 Å². The third-order valence-electron chi connectivity index (χ3n) is 3.92. The molecule has 0 amide bonds. The van der Waals surface area contributed by atoms with Gasteiger partial charge in [-0.2, -0.15) is 0 Å². The van der Waals surface area contributed by atoms with E-state index in [1.807, 2.05) is 12.1 Å². The van der Waals surface area contributed by atoms with Gasteiger partial charge in [-0.05, 0) is 38.1 Å². The van der Waals surface area contributed by atoms with Gasteiger partial charge in [0.2, 0.25) is 6.79 Å². The fourth-order valence-electron chi connectivity index (χ4n) is 2.45. The number of methoxy groups -OCH3 is 1. The van der Waals surface area contributed by atoms with Gasteiger partial charge in [0.25, 0.3) is 0 Å². The number of nitrogens with one attached hydrogen (secondary N) is 2.